The largest absolute Gasteiger partial charge is 0.489 e. The molecule has 0 bridgehead atoms. The van der Waals surface area contributed by atoms with Gasteiger partial charge < -0.3 is 14.8 Å². The zero-order valence-electron chi connectivity index (χ0n) is 20.2. The van der Waals surface area contributed by atoms with E-state index < -0.39 is 23.2 Å². The molecule has 5 rings (SSSR count). The Labute approximate surface area is 211 Å². The summed E-state index contributed by atoms with van der Waals surface area (Å²) in [6.45, 7) is 1.68. The van der Waals surface area contributed by atoms with Gasteiger partial charge in [-0.25, -0.2) is 8.78 Å². The lowest BCUT2D eigenvalue weighted by molar-refractivity contribution is -0.164. The molecule has 0 aromatic heterocycles. The average Bonchev–Trinajstić information content (AvgIpc) is 3.62. The number of rotatable bonds is 7. The van der Waals surface area contributed by atoms with Crippen LogP contribution in [0.4, 0.5) is 22.0 Å². The second-order valence-electron chi connectivity index (χ2n) is 10.2. The highest BCUT2D eigenvalue weighted by Gasteiger charge is 2.54. The van der Waals surface area contributed by atoms with Crippen LogP contribution in [0, 0.1) is 17.6 Å². The van der Waals surface area contributed by atoms with E-state index in [1.807, 2.05) is 0 Å². The number of likely N-dealkylation sites (tertiary alicyclic amines) is 1. The number of carbonyl (C=O) groups excluding carboxylic acids is 1. The van der Waals surface area contributed by atoms with E-state index in [1.54, 1.807) is 12.1 Å². The third kappa shape index (κ3) is 5.90. The summed E-state index contributed by atoms with van der Waals surface area (Å²) < 4.78 is 78.2. The minimum Gasteiger partial charge on any atom is -0.489 e. The van der Waals surface area contributed by atoms with Crippen LogP contribution in [0.15, 0.2) is 42.5 Å². The van der Waals surface area contributed by atoms with Crippen molar-refractivity contribution in [3.8, 4) is 5.75 Å². The summed E-state index contributed by atoms with van der Waals surface area (Å²) in [5.41, 5.74) is -2.05. The molecule has 2 aromatic carbocycles. The van der Waals surface area contributed by atoms with Gasteiger partial charge in [-0.1, -0.05) is 0 Å². The predicted octanol–water partition coefficient (Wildman–Crippen LogP) is 5.08. The van der Waals surface area contributed by atoms with Crippen molar-refractivity contribution in [2.75, 3.05) is 19.7 Å². The molecule has 2 aromatic rings. The van der Waals surface area contributed by atoms with E-state index in [0.29, 0.717) is 31.4 Å². The van der Waals surface area contributed by atoms with Gasteiger partial charge in [0, 0.05) is 25.7 Å². The molecular formula is C27H29F5N2O3. The van der Waals surface area contributed by atoms with Crippen molar-refractivity contribution >= 4 is 5.91 Å². The number of benzene rings is 2. The van der Waals surface area contributed by atoms with Crippen LogP contribution >= 0.6 is 0 Å². The molecule has 0 spiro atoms. The van der Waals surface area contributed by atoms with Crippen LogP contribution < -0.4 is 10.1 Å². The SMILES string of the molecule is O=C(NCc1cc(F)cc(C(F)(F)F)c1)[C@@]1(C2CC2)CC[C@@H](N2CC[C@H](Oc3ccc(F)cc3)C2)CO1. The zero-order chi connectivity index (χ0) is 26.2. The van der Waals surface area contributed by atoms with Crippen LogP contribution in [-0.4, -0.2) is 48.3 Å². The van der Waals surface area contributed by atoms with E-state index in [1.165, 1.54) is 12.1 Å². The Morgan fingerprint density at radius 1 is 1.05 bits per heavy atom. The Bertz CT molecular complexity index is 1110. The van der Waals surface area contributed by atoms with E-state index >= 15 is 0 Å². The first-order valence-corrected chi connectivity index (χ1v) is 12.6. The second-order valence-corrected chi connectivity index (χ2v) is 10.2. The fraction of sp³-hybridized carbons (Fsp3) is 0.519. The Kier molecular flexibility index (Phi) is 7.15. The van der Waals surface area contributed by atoms with Crippen molar-refractivity contribution in [1.82, 2.24) is 10.2 Å². The first-order chi connectivity index (χ1) is 17.6. The number of nitrogens with zero attached hydrogens (tertiary/aromatic N) is 1. The Morgan fingerprint density at radius 3 is 2.46 bits per heavy atom. The van der Waals surface area contributed by atoms with Gasteiger partial charge in [-0.2, -0.15) is 13.2 Å². The van der Waals surface area contributed by atoms with Crippen LogP contribution in [0.25, 0.3) is 0 Å². The van der Waals surface area contributed by atoms with Crippen molar-refractivity contribution in [2.45, 2.75) is 62.6 Å². The number of ether oxygens (including phenoxy) is 2. The van der Waals surface area contributed by atoms with Crippen LogP contribution in [0.3, 0.4) is 0 Å². The fourth-order valence-electron chi connectivity index (χ4n) is 5.44. The molecule has 10 heteroatoms. The Morgan fingerprint density at radius 2 is 1.81 bits per heavy atom. The molecule has 37 heavy (non-hydrogen) atoms. The monoisotopic (exact) mass is 524 g/mol. The number of halogens is 5. The second kappa shape index (κ2) is 10.2. The number of nitrogens with one attached hydrogen (secondary N) is 1. The average molecular weight is 525 g/mol. The predicted molar refractivity (Wildman–Crippen MR) is 125 cm³/mol. The van der Waals surface area contributed by atoms with Gasteiger partial charge in [-0.3, -0.25) is 9.69 Å². The molecular weight excluding hydrogens is 495 g/mol. The lowest BCUT2D eigenvalue weighted by atomic mass is 9.86. The molecule has 3 fully saturated rings. The van der Waals surface area contributed by atoms with Crippen LogP contribution in [0.1, 0.15) is 43.2 Å². The lowest BCUT2D eigenvalue weighted by Gasteiger charge is -2.42. The summed E-state index contributed by atoms with van der Waals surface area (Å²) >= 11 is 0. The number of amides is 1. The maximum atomic E-state index is 13.7. The Hall–Kier alpha value is -2.72. The molecule has 200 valence electrons. The van der Waals surface area contributed by atoms with Gasteiger partial charge in [-0.15, -0.1) is 0 Å². The molecule has 0 radical (unpaired) electrons. The van der Waals surface area contributed by atoms with Gasteiger partial charge in [-0.05, 0) is 86.1 Å². The number of carbonyl (C=O) groups is 1. The molecule has 1 amide bonds. The summed E-state index contributed by atoms with van der Waals surface area (Å²) in [6.07, 6.45) is -0.902. The molecule has 0 unspecified atom stereocenters. The quantitative estimate of drug-likeness (QED) is 0.514. The minimum absolute atomic E-state index is 0.0169. The highest BCUT2D eigenvalue weighted by atomic mass is 19.4. The lowest BCUT2D eigenvalue weighted by Crippen LogP contribution is -2.56. The summed E-state index contributed by atoms with van der Waals surface area (Å²) in [6, 6.07) is 8.36. The highest BCUT2D eigenvalue weighted by Crippen LogP contribution is 2.47. The smallest absolute Gasteiger partial charge is 0.416 e. The minimum atomic E-state index is -4.67. The molecule has 1 aliphatic carbocycles. The van der Waals surface area contributed by atoms with Gasteiger partial charge in [0.05, 0.1) is 12.2 Å². The fourth-order valence-corrected chi connectivity index (χ4v) is 5.44. The first-order valence-electron chi connectivity index (χ1n) is 12.6. The van der Waals surface area contributed by atoms with Crippen molar-refractivity contribution in [1.29, 1.82) is 0 Å². The third-order valence-corrected chi connectivity index (χ3v) is 7.55. The zero-order valence-corrected chi connectivity index (χ0v) is 20.2. The number of alkyl halides is 3. The molecule has 3 aliphatic rings. The van der Waals surface area contributed by atoms with Crippen molar-refractivity contribution < 1.29 is 36.2 Å². The molecule has 2 saturated heterocycles. The summed E-state index contributed by atoms with van der Waals surface area (Å²) in [7, 11) is 0. The molecule has 2 heterocycles. The standard InChI is InChI=1S/C27H29F5N2O3/c28-20-3-5-23(6-4-20)37-24-8-10-34(15-24)22-7-9-26(36-16-22,18-1-2-18)25(35)33-14-17-11-19(27(30,31)32)13-21(29)12-17/h3-6,11-13,18,22,24H,1-2,7-10,14-16H2,(H,33,35)/t22-,24+,26+/m1/s1. The van der Waals surface area contributed by atoms with E-state index in [0.717, 1.165) is 44.4 Å². The summed E-state index contributed by atoms with van der Waals surface area (Å²) in [5, 5.41) is 2.70. The van der Waals surface area contributed by atoms with E-state index in [9.17, 15) is 26.7 Å². The van der Waals surface area contributed by atoms with E-state index in [4.69, 9.17) is 9.47 Å². The van der Waals surface area contributed by atoms with Gasteiger partial charge in [0.15, 0.2) is 0 Å². The summed E-state index contributed by atoms with van der Waals surface area (Å²) in [5.74, 6) is -0.978. The normalized spacial score (nSPS) is 26.7. The highest BCUT2D eigenvalue weighted by molar-refractivity contribution is 5.86. The Balaban J connectivity index is 1.16. The van der Waals surface area contributed by atoms with E-state index in [-0.39, 0.29) is 41.9 Å². The maximum Gasteiger partial charge on any atom is 0.416 e. The van der Waals surface area contributed by atoms with Gasteiger partial charge in [0.25, 0.3) is 5.91 Å². The third-order valence-electron chi connectivity index (χ3n) is 7.55. The number of hydrogen-bond donors (Lipinski definition) is 1. The van der Waals surface area contributed by atoms with Crippen molar-refractivity contribution in [2.24, 2.45) is 5.92 Å². The van der Waals surface area contributed by atoms with Gasteiger partial charge >= 0.3 is 6.18 Å². The van der Waals surface area contributed by atoms with E-state index in [2.05, 4.69) is 10.2 Å². The summed E-state index contributed by atoms with van der Waals surface area (Å²) in [4.78, 5) is 15.5. The first kappa shape index (κ1) is 25.9. The van der Waals surface area contributed by atoms with Crippen LogP contribution in [0.5, 0.6) is 5.75 Å². The molecule has 1 saturated carbocycles. The molecule has 3 atom stereocenters. The number of hydrogen-bond acceptors (Lipinski definition) is 4. The van der Waals surface area contributed by atoms with Crippen molar-refractivity contribution in [3.05, 3.63) is 65.2 Å². The van der Waals surface area contributed by atoms with Gasteiger partial charge in [0.2, 0.25) is 0 Å². The topological polar surface area (TPSA) is 50.8 Å². The maximum absolute atomic E-state index is 13.7. The molecule has 5 nitrogen and oxygen atoms in total. The van der Waals surface area contributed by atoms with Gasteiger partial charge in [0.1, 0.15) is 29.1 Å². The molecule has 2 aliphatic heterocycles. The van der Waals surface area contributed by atoms with Crippen LogP contribution in [-0.2, 0) is 22.3 Å². The van der Waals surface area contributed by atoms with Crippen LogP contribution in [0.2, 0.25) is 0 Å². The van der Waals surface area contributed by atoms with Crippen molar-refractivity contribution in [3.63, 3.8) is 0 Å². The molecule has 1 N–H and O–H groups in total.